The highest BCUT2D eigenvalue weighted by Crippen LogP contribution is 2.47. The molecule has 0 spiro atoms. The van der Waals surface area contributed by atoms with Gasteiger partial charge in [0.2, 0.25) is 15.9 Å². The number of aryl methyl sites for hydroxylation is 1. The molecular formula is C29H30Cl2FN3O5S. The third kappa shape index (κ3) is 6.11. The van der Waals surface area contributed by atoms with Gasteiger partial charge in [0.25, 0.3) is 0 Å². The van der Waals surface area contributed by atoms with E-state index in [4.69, 9.17) is 32.5 Å². The number of hydrogen-bond acceptors (Lipinski definition) is 7. The minimum absolute atomic E-state index is 0.0310. The van der Waals surface area contributed by atoms with Gasteiger partial charge in [-0.05, 0) is 61.9 Å². The fourth-order valence-electron chi connectivity index (χ4n) is 6.10. The number of nitrogens with one attached hydrogen (secondary N) is 1. The molecule has 218 valence electrons. The van der Waals surface area contributed by atoms with Crippen LogP contribution in [0.25, 0.3) is 11.3 Å². The zero-order chi connectivity index (χ0) is 28.9. The van der Waals surface area contributed by atoms with Gasteiger partial charge < -0.3 is 14.2 Å². The van der Waals surface area contributed by atoms with Crippen molar-refractivity contribution in [1.29, 1.82) is 0 Å². The van der Waals surface area contributed by atoms with Crippen LogP contribution in [-0.4, -0.2) is 44.4 Å². The van der Waals surface area contributed by atoms with Crippen molar-refractivity contribution < 1.29 is 26.9 Å². The molecule has 2 aliphatic carbocycles. The number of amides is 1. The summed E-state index contributed by atoms with van der Waals surface area (Å²) in [5, 5.41) is 5.37. The Balaban J connectivity index is 1.10. The number of carbonyl (C=O) groups is 1. The molecule has 2 heterocycles. The van der Waals surface area contributed by atoms with Crippen LogP contribution in [0.1, 0.15) is 54.9 Å². The van der Waals surface area contributed by atoms with Crippen LogP contribution in [0.15, 0.2) is 40.9 Å². The van der Waals surface area contributed by atoms with Gasteiger partial charge >= 0.3 is 0 Å². The molecule has 0 radical (unpaired) electrons. The SMILES string of the molecule is CS(=O)(=O)NC(=O)CCc1ccc(N2C[C@@H]3C[C@H]2C[C@H]3OCc2c(-c3c(Cl)cccc3Cl)noc2C2CC2)c(F)c1. The van der Waals surface area contributed by atoms with E-state index in [9.17, 15) is 13.2 Å². The van der Waals surface area contributed by atoms with Crippen molar-refractivity contribution in [2.75, 3.05) is 17.7 Å². The lowest BCUT2D eigenvalue weighted by atomic mass is 10.0. The summed E-state index contributed by atoms with van der Waals surface area (Å²) in [6, 6.07) is 10.5. The molecule has 2 saturated carbocycles. The van der Waals surface area contributed by atoms with E-state index in [0.717, 1.165) is 43.3 Å². The molecule has 0 unspecified atom stereocenters. The van der Waals surface area contributed by atoms with Crippen molar-refractivity contribution in [1.82, 2.24) is 9.88 Å². The number of rotatable bonds is 10. The lowest BCUT2D eigenvalue weighted by Gasteiger charge is -2.33. The molecule has 1 aliphatic heterocycles. The Morgan fingerprint density at radius 2 is 1.95 bits per heavy atom. The second-order valence-electron chi connectivity index (χ2n) is 11.2. The van der Waals surface area contributed by atoms with Crippen LogP contribution in [-0.2, 0) is 32.6 Å². The smallest absolute Gasteiger partial charge is 0.233 e. The molecule has 6 rings (SSSR count). The lowest BCUT2D eigenvalue weighted by molar-refractivity contribution is -0.119. The Kier molecular flexibility index (Phi) is 7.78. The number of fused-ring (bicyclic) bond motifs is 2. The van der Waals surface area contributed by atoms with Gasteiger partial charge in [-0.15, -0.1) is 0 Å². The Morgan fingerprint density at radius 3 is 2.59 bits per heavy atom. The number of nitrogens with zero attached hydrogens (tertiary/aromatic N) is 2. The second-order valence-corrected chi connectivity index (χ2v) is 13.8. The lowest BCUT2D eigenvalue weighted by Crippen LogP contribution is -2.39. The van der Waals surface area contributed by atoms with E-state index in [0.29, 0.717) is 51.6 Å². The molecule has 2 bridgehead atoms. The number of hydrogen-bond donors (Lipinski definition) is 1. The summed E-state index contributed by atoms with van der Waals surface area (Å²) in [6.07, 6.45) is 4.96. The first kappa shape index (κ1) is 28.5. The van der Waals surface area contributed by atoms with Crippen LogP contribution >= 0.6 is 23.2 Å². The maximum Gasteiger partial charge on any atom is 0.233 e. The largest absolute Gasteiger partial charge is 0.373 e. The van der Waals surface area contributed by atoms with Crippen LogP contribution < -0.4 is 9.62 Å². The number of carbonyl (C=O) groups excluding carboxylic acids is 1. The van der Waals surface area contributed by atoms with Crippen molar-refractivity contribution in [3.63, 3.8) is 0 Å². The quantitative estimate of drug-likeness (QED) is 0.303. The number of piperidine rings is 1. The number of halogens is 3. The van der Waals surface area contributed by atoms with E-state index in [1.165, 1.54) is 6.07 Å². The highest BCUT2D eigenvalue weighted by molar-refractivity contribution is 7.89. The number of ether oxygens (including phenoxy) is 1. The van der Waals surface area contributed by atoms with Gasteiger partial charge in [0.15, 0.2) is 0 Å². The number of benzene rings is 2. The zero-order valence-corrected chi connectivity index (χ0v) is 24.7. The zero-order valence-electron chi connectivity index (χ0n) is 22.4. The summed E-state index contributed by atoms with van der Waals surface area (Å²) in [7, 11) is -3.61. The molecule has 3 aromatic rings. The minimum atomic E-state index is -3.61. The van der Waals surface area contributed by atoms with Crippen LogP contribution in [0.3, 0.4) is 0 Å². The van der Waals surface area contributed by atoms with E-state index in [2.05, 4.69) is 10.1 Å². The predicted octanol–water partition coefficient (Wildman–Crippen LogP) is 5.86. The van der Waals surface area contributed by atoms with E-state index in [1.54, 1.807) is 30.3 Å². The molecule has 3 aliphatic rings. The minimum Gasteiger partial charge on any atom is -0.373 e. The van der Waals surface area contributed by atoms with E-state index in [-0.39, 0.29) is 36.7 Å². The number of anilines is 1. The van der Waals surface area contributed by atoms with Gasteiger partial charge in [-0.25, -0.2) is 12.8 Å². The Labute approximate surface area is 248 Å². The predicted molar refractivity (Wildman–Crippen MR) is 154 cm³/mol. The second kappa shape index (κ2) is 11.2. The summed E-state index contributed by atoms with van der Waals surface area (Å²) < 4.78 is 51.7. The van der Waals surface area contributed by atoms with Crippen LogP contribution in [0.5, 0.6) is 0 Å². The van der Waals surface area contributed by atoms with Crippen LogP contribution in [0, 0.1) is 11.7 Å². The van der Waals surface area contributed by atoms with Crippen molar-refractivity contribution in [2.24, 2.45) is 5.92 Å². The monoisotopic (exact) mass is 621 g/mol. The average molecular weight is 623 g/mol. The fraction of sp³-hybridized carbons (Fsp3) is 0.448. The molecule has 1 saturated heterocycles. The van der Waals surface area contributed by atoms with E-state index >= 15 is 4.39 Å². The molecule has 1 amide bonds. The topological polar surface area (TPSA) is 102 Å². The molecular weight excluding hydrogens is 592 g/mol. The van der Waals surface area contributed by atoms with Gasteiger partial charge in [0.05, 0.1) is 34.7 Å². The first-order valence-electron chi connectivity index (χ1n) is 13.7. The normalized spacial score (nSPS) is 22.0. The Morgan fingerprint density at radius 1 is 1.20 bits per heavy atom. The Bertz CT molecular complexity index is 1570. The van der Waals surface area contributed by atoms with Gasteiger partial charge in [0, 0.05) is 42.0 Å². The first-order chi connectivity index (χ1) is 19.6. The third-order valence-electron chi connectivity index (χ3n) is 8.15. The molecule has 41 heavy (non-hydrogen) atoms. The maximum atomic E-state index is 15.1. The highest BCUT2D eigenvalue weighted by Gasteiger charge is 2.46. The van der Waals surface area contributed by atoms with Crippen LogP contribution in [0.4, 0.5) is 10.1 Å². The van der Waals surface area contributed by atoms with E-state index < -0.39 is 15.9 Å². The molecule has 12 heteroatoms. The molecule has 1 aromatic heterocycles. The summed E-state index contributed by atoms with van der Waals surface area (Å²) >= 11 is 13.0. The summed E-state index contributed by atoms with van der Waals surface area (Å²) in [6.45, 7) is 1.03. The maximum absolute atomic E-state index is 15.1. The Hall–Kier alpha value is -2.66. The number of aromatic nitrogens is 1. The average Bonchev–Trinajstić information content (AvgIpc) is 3.36. The molecule has 8 nitrogen and oxygen atoms in total. The van der Waals surface area contributed by atoms with Crippen molar-refractivity contribution >= 4 is 44.8 Å². The molecule has 3 atom stereocenters. The van der Waals surface area contributed by atoms with Crippen molar-refractivity contribution in [2.45, 2.75) is 63.2 Å². The third-order valence-corrected chi connectivity index (χ3v) is 9.37. The first-order valence-corrected chi connectivity index (χ1v) is 16.3. The van der Waals surface area contributed by atoms with Crippen molar-refractivity contribution in [3.8, 4) is 11.3 Å². The van der Waals surface area contributed by atoms with E-state index in [1.807, 2.05) is 4.72 Å². The summed E-state index contributed by atoms with van der Waals surface area (Å²) in [4.78, 5) is 13.9. The van der Waals surface area contributed by atoms with Crippen LogP contribution in [0.2, 0.25) is 10.0 Å². The fourth-order valence-corrected chi connectivity index (χ4v) is 7.19. The van der Waals surface area contributed by atoms with Gasteiger partial charge in [-0.3, -0.25) is 9.52 Å². The van der Waals surface area contributed by atoms with Gasteiger partial charge in [-0.2, -0.15) is 0 Å². The highest BCUT2D eigenvalue weighted by atomic mass is 35.5. The standard InChI is InChI=1S/C29H30Cl2FN3O5S/c1-41(37,38)34-26(36)10-6-16-5-9-24(23(32)11-16)35-14-18-12-19(35)13-25(18)39-15-20-28(33-40-29(20)17-7-8-17)27-21(30)3-2-4-22(27)31/h2-5,9,11,17-19,25H,6-8,10,12-15H2,1H3,(H,34,36)/t18-,19-,25+/m0/s1. The van der Waals surface area contributed by atoms with Gasteiger partial charge in [-0.1, -0.05) is 40.5 Å². The molecule has 1 N–H and O–H groups in total. The number of sulfonamides is 1. The molecule has 2 aromatic carbocycles. The molecule has 3 fully saturated rings. The summed E-state index contributed by atoms with van der Waals surface area (Å²) in [5.41, 5.74) is 3.34. The van der Waals surface area contributed by atoms with Gasteiger partial charge in [0.1, 0.15) is 17.3 Å². The summed E-state index contributed by atoms with van der Waals surface area (Å²) in [5.74, 6) is 0.479. The van der Waals surface area contributed by atoms with Crippen molar-refractivity contribution in [3.05, 3.63) is 69.1 Å².